The molecule has 1 N–H and O–H groups in total. The number of rotatable bonds is 6. The number of hydrogen-bond acceptors (Lipinski definition) is 2. The lowest BCUT2D eigenvalue weighted by Gasteiger charge is -2.24. The molecule has 1 saturated heterocycles. The molecule has 1 atom stereocenters. The van der Waals surface area contributed by atoms with E-state index in [-0.39, 0.29) is 0 Å². The van der Waals surface area contributed by atoms with Crippen molar-refractivity contribution in [1.82, 2.24) is 5.32 Å². The van der Waals surface area contributed by atoms with Crippen LogP contribution in [0.5, 0.6) is 0 Å². The van der Waals surface area contributed by atoms with Gasteiger partial charge in [-0.15, -0.1) is 0 Å². The summed E-state index contributed by atoms with van der Waals surface area (Å²) in [6, 6.07) is 0.676. The van der Waals surface area contributed by atoms with Crippen molar-refractivity contribution < 1.29 is 4.74 Å². The van der Waals surface area contributed by atoms with E-state index in [1.807, 2.05) is 0 Å². The Bertz CT molecular complexity index is 153. The van der Waals surface area contributed by atoms with Crippen molar-refractivity contribution in [3.05, 3.63) is 0 Å². The largest absolute Gasteiger partial charge is 0.381 e. The van der Waals surface area contributed by atoms with E-state index in [2.05, 4.69) is 26.1 Å². The fourth-order valence-electron chi connectivity index (χ4n) is 2.00. The zero-order valence-corrected chi connectivity index (χ0v) is 10.6. The van der Waals surface area contributed by atoms with Gasteiger partial charge in [-0.25, -0.2) is 0 Å². The van der Waals surface area contributed by atoms with E-state index in [1.165, 1.54) is 32.2 Å². The highest BCUT2D eigenvalue weighted by Gasteiger charge is 2.14. The predicted molar refractivity (Wildman–Crippen MR) is 65.1 cm³/mol. The van der Waals surface area contributed by atoms with Gasteiger partial charge < -0.3 is 10.1 Å². The van der Waals surface area contributed by atoms with Gasteiger partial charge in [0.15, 0.2) is 0 Å². The van der Waals surface area contributed by atoms with Gasteiger partial charge in [0.2, 0.25) is 0 Å². The fourth-order valence-corrected chi connectivity index (χ4v) is 2.00. The molecule has 1 fully saturated rings. The first-order valence-electron chi connectivity index (χ1n) is 6.49. The Kier molecular flexibility index (Phi) is 6.26. The highest BCUT2D eigenvalue weighted by atomic mass is 16.5. The predicted octanol–water partition coefficient (Wildman–Crippen LogP) is 2.83. The zero-order valence-electron chi connectivity index (χ0n) is 10.6. The normalized spacial score (nSPS) is 20.8. The van der Waals surface area contributed by atoms with Crippen LogP contribution in [0.3, 0.4) is 0 Å². The average molecular weight is 213 g/mol. The molecule has 90 valence electrons. The van der Waals surface area contributed by atoms with Crippen LogP contribution in [0.1, 0.15) is 46.5 Å². The van der Waals surface area contributed by atoms with Crippen molar-refractivity contribution in [1.29, 1.82) is 0 Å². The fraction of sp³-hybridized carbons (Fsp3) is 1.00. The monoisotopic (exact) mass is 213 g/mol. The molecule has 0 aliphatic carbocycles. The molecular weight excluding hydrogens is 186 g/mol. The highest BCUT2D eigenvalue weighted by molar-refractivity contribution is 4.69. The van der Waals surface area contributed by atoms with Crippen LogP contribution in [0.2, 0.25) is 0 Å². The van der Waals surface area contributed by atoms with Gasteiger partial charge in [-0.3, -0.25) is 0 Å². The SMILES string of the molecule is CC(C)CCC(C)NCC1CCOCC1. The summed E-state index contributed by atoms with van der Waals surface area (Å²) in [5.41, 5.74) is 0. The minimum Gasteiger partial charge on any atom is -0.381 e. The Hall–Kier alpha value is -0.0800. The van der Waals surface area contributed by atoms with Gasteiger partial charge >= 0.3 is 0 Å². The molecule has 0 radical (unpaired) electrons. The molecule has 1 aliphatic rings. The molecule has 1 unspecified atom stereocenters. The molecule has 1 rings (SSSR count). The van der Waals surface area contributed by atoms with Crippen LogP contribution in [0.15, 0.2) is 0 Å². The first kappa shape index (κ1) is 13.0. The maximum atomic E-state index is 5.36. The smallest absolute Gasteiger partial charge is 0.0469 e. The van der Waals surface area contributed by atoms with E-state index in [0.717, 1.165) is 25.0 Å². The number of ether oxygens (including phenoxy) is 1. The molecule has 0 amide bonds. The summed E-state index contributed by atoms with van der Waals surface area (Å²) >= 11 is 0. The third kappa shape index (κ3) is 6.16. The van der Waals surface area contributed by atoms with Gasteiger partial charge in [0, 0.05) is 19.3 Å². The van der Waals surface area contributed by atoms with E-state index >= 15 is 0 Å². The van der Waals surface area contributed by atoms with Gasteiger partial charge in [-0.2, -0.15) is 0 Å². The van der Waals surface area contributed by atoms with E-state index < -0.39 is 0 Å². The standard InChI is InChI=1S/C13H27NO/c1-11(2)4-5-12(3)14-10-13-6-8-15-9-7-13/h11-14H,4-10H2,1-3H3. The van der Waals surface area contributed by atoms with E-state index in [9.17, 15) is 0 Å². The maximum absolute atomic E-state index is 5.36. The quantitative estimate of drug-likeness (QED) is 0.732. The first-order valence-corrected chi connectivity index (χ1v) is 6.49. The van der Waals surface area contributed by atoms with E-state index in [0.29, 0.717) is 6.04 Å². The van der Waals surface area contributed by atoms with Crippen molar-refractivity contribution in [2.45, 2.75) is 52.5 Å². The molecule has 0 bridgehead atoms. The Morgan fingerprint density at radius 1 is 1.13 bits per heavy atom. The van der Waals surface area contributed by atoms with Crippen molar-refractivity contribution in [3.63, 3.8) is 0 Å². The minimum atomic E-state index is 0.676. The van der Waals surface area contributed by atoms with Gasteiger partial charge in [-0.1, -0.05) is 13.8 Å². The van der Waals surface area contributed by atoms with Gasteiger partial charge in [0.25, 0.3) is 0 Å². The molecule has 0 aromatic rings. The summed E-state index contributed by atoms with van der Waals surface area (Å²) < 4.78 is 5.36. The Morgan fingerprint density at radius 3 is 2.40 bits per heavy atom. The van der Waals surface area contributed by atoms with Crippen LogP contribution in [0, 0.1) is 11.8 Å². The Morgan fingerprint density at radius 2 is 1.80 bits per heavy atom. The summed E-state index contributed by atoms with van der Waals surface area (Å²) in [7, 11) is 0. The second kappa shape index (κ2) is 7.24. The molecule has 2 heteroatoms. The highest BCUT2D eigenvalue weighted by Crippen LogP contribution is 2.14. The lowest BCUT2D eigenvalue weighted by molar-refractivity contribution is 0.0655. The molecular formula is C13H27NO. The third-order valence-corrected chi connectivity index (χ3v) is 3.27. The van der Waals surface area contributed by atoms with Crippen LogP contribution < -0.4 is 5.32 Å². The topological polar surface area (TPSA) is 21.3 Å². The summed E-state index contributed by atoms with van der Waals surface area (Å²) in [6.07, 6.45) is 5.12. The lowest BCUT2D eigenvalue weighted by Crippen LogP contribution is -2.33. The first-order chi connectivity index (χ1) is 7.18. The Labute approximate surface area is 94.8 Å². The molecule has 0 aromatic carbocycles. The molecule has 2 nitrogen and oxygen atoms in total. The second-order valence-electron chi connectivity index (χ2n) is 5.34. The van der Waals surface area contributed by atoms with Crippen molar-refractivity contribution in [2.24, 2.45) is 11.8 Å². The molecule has 0 saturated carbocycles. The maximum Gasteiger partial charge on any atom is 0.0469 e. The zero-order chi connectivity index (χ0) is 11.1. The van der Waals surface area contributed by atoms with E-state index in [4.69, 9.17) is 4.74 Å². The van der Waals surface area contributed by atoms with Crippen LogP contribution in [0.25, 0.3) is 0 Å². The molecule has 0 aromatic heterocycles. The van der Waals surface area contributed by atoms with Crippen LogP contribution >= 0.6 is 0 Å². The minimum absolute atomic E-state index is 0.676. The molecule has 1 heterocycles. The van der Waals surface area contributed by atoms with Crippen LogP contribution in [-0.2, 0) is 4.74 Å². The van der Waals surface area contributed by atoms with Gasteiger partial charge in [0.1, 0.15) is 0 Å². The van der Waals surface area contributed by atoms with Crippen LogP contribution in [-0.4, -0.2) is 25.8 Å². The molecule has 1 aliphatic heterocycles. The summed E-state index contributed by atoms with van der Waals surface area (Å²) in [4.78, 5) is 0. The summed E-state index contributed by atoms with van der Waals surface area (Å²) in [6.45, 7) is 10.0. The summed E-state index contributed by atoms with van der Waals surface area (Å²) in [5.74, 6) is 1.68. The Balaban J connectivity index is 2.02. The summed E-state index contributed by atoms with van der Waals surface area (Å²) in [5, 5.41) is 3.65. The van der Waals surface area contributed by atoms with Gasteiger partial charge in [0.05, 0.1) is 0 Å². The van der Waals surface area contributed by atoms with Crippen LogP contribution in [0.4, 0.5) is 0 Å². The molecule has 15 heavy (non-hydrogen) atoms. The van der Waals surface area contributed by atoms with Gasteiger partial charge in [-0.05, 0) is 51.0 Å². The van der Waals surface area contributed by atoms with E-state index in [1.54, 1.807) is 0 Å². The number of hydrogen-bond donors (Lipinski definition) is 1. The lowest BCUT2D eigenvalue weighted by atomic mass is 9.99. The number of nitrogens with one attached hydrogen (secondary N) is 1. The molecule has 0 spiro atoms. The second-order valence-corrected chi connectivity index (χ2v) is 5.34. The average Bonchev–Trinajstić information content (AvgIpc) is 2.25. The third-order valence-electron chi connectivity index (χ3n) is 3.27. The van der Waals surface area contributed by atoms with Crippen molar-refractivity contribution in [3.8, 4) is 0 Å². The van der Waals surface area contributed by atoms with Crippen molar-refractivity contribution >= 4 is 0 Å². The van der Waals surface area contributed by atoms with Crippen molar-refractivity contribution in [2.75, 3.05) is 19.8 Å².